The van der Waals surface area contributed by atoms with E-state index in [1.54, 1.807) is 18.4 Å². The fraction of sp³-hybridized carbons (Fsp3) is 0.500. The van der Waals surface area contributed by atoms with Gasteiger partial charge in [-0.3, -0.25) is 24.1 Å². The molecular weight excluding hydrogens is 420 g/mol. The van der Waals surface area contributed by atoms with Crippen LogP contribution in [0.2, 0.25) is 4.34 Å². The first-order chi connectivity index (χ1) is 13.6. The Kier molecular flexibility index (Phi) is 5.95. The molecule has 0 aliphatic carbocycles. The molecule has 3 atom stereocenters. The first-order valence-corrected chi connectivity index (χ1v) is 10.4. The Morgan fingerprint density at radius 1 is 1.24 bits per heavy atom. The Labute approximate surface area is 176 Å². The van der Waals surface area contributed by atoms with Crippen molar-refractivity contribution in [2.24, 2.45) is 5.92 Å². The quantitative estimate of drug-likeness (QED) is 0.558. The van der Waals surface area contributed by atoms with Crippen LogP contribution in [0.3, 0.4) is 0 Å². The highest BCUT2D eigenvalue weighted by molar-refractivity contribution is 7.14. The number of carbonyl (C=O) groups is 5. The van der Waals surface area contributed by atoms with Crippen LogP contribution >= 0.6 is 22.9 Å². The third kappa shape index (κ3) is 3.86. The summed E-state index contributed by atoms with van der Waals surface area (Å²) in [6.45, 7) is 3.70. The topological polar surface area (TPSA) is 107 Å². The van der Waals surface area contributed by atoms with Gasteiger partial charge in [0.2, 0.25) is 5.91 Å². The third-order valence-corrected chi connectivity index (χ3v) is 6.64. The van der Waals surface area contributed by atoms with E-state index in [4.69, 9.17) is 11.6 Å². The van der Waals surface area contributed by atoms with Crippen LogP contribution in [0, 0.1) is 5.92 Å². The van der Waals surface area contributed by atoms with E-state index in [1.807, 2.05) is 6.92 Å². The highest BCUT2D eigenvalue weighted by Gasteiger charge is 2.45. The van der Waals surface area contributed by atoms with Crippen molar-refractivity contribution >= 4 is 52.6 Å². The highest BCUT2D eigenvalue weighted by Crippen LogP contribution is 2.26. The average Bonchev–Trinajstić information content (AvgIpc) is 3.18. The molecule has 29 heavy (non-hydrogen) atoms. The van der Waals surface area contributed by atoms with E-state index >= 15 is 0 Å². The second-order valence-electron chi connectivity index (χ2n) is 7.24. The molecule has 11 heteroatoms. The number of halogens is 1. The van der Waals surface area contributed by atoms with E-state index in [-0.39, 0.29) is 23.9 Å². The summed E-state index contributed by atoms with van der Waals surface area (Å²) in [7, 11) is 1.19. The number of hydrogen-bond donors (Lipinski definition) is 1. The number of rotatable bonds is 4. The number of amides is 6. The lowest BCUT2D eigenvalue weighted by molar-refractivity contribution is -0.145. The van der Waals surface area contributed by atoms with Crippen molar-refractivity contribution in [3.05, 3.63) is 21.3 Å². The monoisotopic (exact) mass is 440 g/mol. The van der Waals surface area contributed by atoms with Gasteiger partial charge in [-0.1, -0.05) is 18.5 Å². The number of hydrogen-bond acceptors (Lipinski definition) is 6. The van der Waals surface area contributed by atoms with Crippen molar-refractivity contribution in [2.75, 3.05) is 20.1 Å². The van der Waals surface area contributed by atoms with Gasteiger partial charge in [-0.25, -0.2) is 9.69 Å². The Balaban J connectivity index is 1.70. The predicted octanol–water partition coefficient (Wildman–Crippen LogP) is 1.18. The second kappa shape index (κ2) is 8.11. The van der Waals surface area contributed by atoms with Crippen molar-refractivity contribution in [3.8, 4) is 0 Å². The number of imide groups is 2. The van der Waals surface area contributed by atoms with Gasteiger partial charge in [0.25, 0.3) is 5.91 Å². The molecule has 156 valence electrons. The number of piperidine rings is 1. The zero-order valence-corrected chi connectivity index (χ0v) is 17.7. The van der Waals surface area contributed by atoms with E-state index < -0.39 is 30.3 Å². The molecule has 2 aliphatic heterocycles. The molecule has 3 rings (SSSR count). The summed E-state index contributed by atoms with van der Waals surface area (Å²) < 4.78 is 0.395. The zero-order chi connectivity index (χ0) is 21.5. The molecule has 3 heterocycles. The van der Waals surface area contributed by atoms with Crippen molar-refractivity contribution in [1.29, 1.82) is 0 Å². The normalized spacial score (nSPS) is 25.0. The number of nitrogens with one attached hydrogen (secondary N) is 1. The molecular formula is C18H21ClN4O5S. The molecule has 0 saturated carbocycles. The molecule has 2 fully saturated rings. The Morgan fingerprint density at radius 3 is 2.48 bits per heavy atom. The van der Waals surface area contributed by atoms with Crippen molar-refractivity contribution < 1.29 is 24.0 Å². The zero-order valence-electron chi connectivity index (χ0n) is 16.2. The summed E-state index contributed by atoms with van der Waals surface area (Å²) in [4.78, 5) is 63.8. The molecule has 1 N–H and O–H groups in total. The highest BCUT2D eigenvalue weighted by atomic mass is 35.5. The van der Waals surface area contributed by atoms with Crippen LogP contribution in [0.1, 0.15) is 30.6 Å². The lowest BCUT2D eigenvalue weighted by Crippen LogP contribution is -2.60. The van der Waals surface area contributed by atoms with Crippen molar-refractivity contribution in [3.63, 3.8) is 0 Å². The van der Waals surface area contributed by atoms with Gasteiger partial charge in [-0.15, -0.1) is 11.3 Å². The number of likely N-dealkylation sites (tertiary alicyclic amines) is 1. The second-order valence-corrected chi connectivity index (χ2v) is 8.76. The Morgan fingerprint density at radius 2 is 1.93 bits per heavy atom. The maximum atomic E-state index is 12.8. The Bertz CT molecular complexity index is 887. The maximum Gasteiger partial charge on any atom is 0.334 e. The molecule has 0 aromatic carbocycles. The molecule has 3 unspecified atom stereocenters. The fourth-order valence-electron chi connectivity index (χ4n) is 3.67. The SMILES string of the molecule is CC1CCN(C(=O)CN2C(=O)C(=O)N(C)C2=O)C(C)C1NC(=O)c1ccsc1Cl. The van der Waals surface area contributed by atoms with Gasteiger partial charge in [0, 0.05) is 19.6 Å². The fourth-order valence-corrected chi connectivity index (χ4v) is 4.59. The number of urea groups is 1. The van der Waals surface area contributed by atoms with E-state index in [1.165, 1.54) is 23.3 Å². The number of carbonyl (C=O) groups excluding carboxylic acids is 5. The molecule has 0 spiro atoms. The average molecular weight is 441 g/mol. The molecule has 9 nitrogen and oxygen atoms in total. The minimum atomic E-state index is -1.01. The lowest BCUT2D eigenvalue weighted by Gasteiger charge is -2.43. The molecule has 1 aromatic heterocycles. The minimum absolute atomic E-state index is 0.109. The van der Waals surface area contributed by atoms with E-state index in [9.17, 15) is 24.0 Å². The van der Waals surface area contributed by atoms with Crippen LogP contribution in [0.4, 0.5) is 4.79 Å². The summed E-state index contributed by atoms with van der Waals surface area (Å²) in [6.07, 6.45) is 0.638. The van der Waals surface area contributed by atoms with Gasteiger partial charge in [0.15, 0.2) is 0 Å². The number of thiophene rings is 1. The summed E-state index contributed by atoms with van der Waals surface area (Å²) in [5.74, 6) is -2.63. The van der Waals surface area contributed by atoms with Crippen LogP contribution < -0.4 is 5.32 Å². The minimum Gasteiger partial charge on any atom is -0.347 e. The van der Waals surface area contributed by atoms with E-state index in [2.05, 4.69) is 5.32 Å². The molecule has 2 saturated heterocycles. The molecule has 2 aliphatic rings. The smallest absolute Gasteiger partial charge is 0.334 e. The van der Waals surface area contributed by atoms with Crippen molar-refractivity contribution in [1.82, 2.24) is 20.0 Å². The van der Waals surface area contributed by atoms with Gasteiger partial charge >= 0.3 is 17.8 Å². The van der Waals surface area contributed by atoms with Crippen LogP contribution in [0.5, 0.6) is 0 Å². The van der Waals surface area contributed by atoms with Gasteiger partial charge in [0.05, 0.1) is 11.6 Å². The summed E-state index contributed by atoms with van der Waals surface area (Å²) in [5.41, 5.74) is 0.384. The summed E-state index contributed by atoms with van der Waals surface area (Å²) in [6, 6.07) is 0.129. The number of likely N-dealkylation sites (N-methyl/N-ethyl adjacent to an activating group) is 1. The Hall–Kier alpha value is -2.46. The van der Waals surface area contributed by atoms with Crippen LogP contribution in [0.15, 0.2) is 11.4 Å². The standard InChI is InChI=1S/C18H21ClN4O5S/c1-9-4-6-22(12(24)8-23-17(27)16(26)21(3)18(23)28)10(2)13(9)20-15(25)11-5-7-29-14(11)19/h5,7,9-10,13H,4,6,8H2,1-3H3,(H,20,25). The molecule has 0 bridgehead atoms. The molecule has 0 radical (unpaired) electrons. The predicted molar refractivity (Wildman–Crippen MR) is 105 cm³/mol. The van der Waals surface area contributed by atoms with Crippen molar-refractivity contribution in [2.45, 2.75) is 32.4 Å². The number of nitrogens with zero attached hydrogens (tertiary/aromatic N) is 3. The largest absolute Gasteiger partial charge is 0.347 e. The van der Waals surface area contributed by atoms with Gasteiger partial charge in [-0.2, -0.15) is 0 Å². The van der Waals surface area contributed by atoms with Gasteiger partial charge in [0.1, 0.15) is 10.9 Å². The third-order valence-electron chi connectivity index (χ3n) is 5.47. The summed E-state index contributed by atoms with van der Waals surface area (Å²) >= 11 is 7.30. The lowest BCUT2D eigenvalue weighted by atomic mass is 9.87. The van der Waals surface area contributed by atoms with E-state index in [0.717, 1.165) is 0 Å². The first-order valence-electron chi connectivity index (χ1n) is 9.10. The first kappa shape index (κ1) is 21.3. The van der Waals surface area contributed by atoms with E-state index in [0.29, 0.717) is 32.7 Å². The van der Waals surface area contributed by atoms with Gasteiger partial charge < -0.3 is 10.2 Å². The molecule has 1 aromatic rings. The van der Waals surface area contributed by atoms with Crippen LogP contribution in [-0.4, -0.2) is 76.6 Å². The van der Waals surface area contributed by atoms with Crippen LogP contribution in [-0.2, 0) is 14.4 Å². The molecule has 6 amide bonds. The van der Waals surface area contributed by atoms with Gasteiger partial charge in [-0.05, 0) is 30.7 Å². The maximum absolute atomic E-state index is 12.8. The van der Waals surface area contributed by atoms with Crippen LogP contribution in [0.25, 0.3) is 0 Å². The summed E-state index contributed by atoms with van der Waals surface area (Å²) in [5, 5.41) is 4.68.